The number of amides is 1. The zero-order chi connectivity index (χ0) is 20.4. The fourth-order valence-corrected chi connectivity index (χ4v) is 3.96. The first-order valence-corrected chi connectivity index (χ1v) is 10.0. The summed E-state index contributed by atoms with van der Waals surface area (Å²) in [7, 11) is 1.57. The third-order valence-electron chi connectivity index (χ3n) is 4.58. The van der Waals surface area contributed by atoms with Gasteiger partial charge in [0.1, 0.15) is 0 Å². The molecule has 0 aliphatic carbocycles. The highest BCUT2D eigenvalue weighted by atomic mass is 32.1. The zero-order valence-corrected chi connectivity index (χ0v) is 17.2. The molecule has 6 nitrogen and oxygen atoms in total. The van der Waals surface area contributed by atoms with E-state index in [1.165, 1.54) is 11.3 Å². The standard InChI is InChI=1S/C22H21N3O3S/c1-13-8-9-18(19(10-13)27-3)28-11-20(26)25-22-24-17(12-29-22)21-14(2)23-16-7-5-4-6-15(16)21/h4-10,12,23H,11H2,1-3H3,(H,24,25,26). The van der Waals surface area contributed by atoms with Crippen molar-refractivity contribution in [1.29, 1.82) is 0 Å². The topological polar surface area (TPSA) is 76.2 Å². The molecule has 0 radical (unpaired) electrons. The number of hydrogen-bond acceptors (Lipinski definition) is 5. The van der Waals surface area contributed by atoms with Gasteiger partial charge < -0.3 is 14.5 Å². The molecule has 148 valence electrons. The lowest BCUT2D eigenvalue weighted by Crippen LogP contribution is -2.20. The molecule has 0 aliphatic rings. The van der Waals surface area contributed by atoms with E-state index in [-0.39, 0.29) is 12.5 Å². The quantitative estimate of drug-likeness (QED) is 0.475. The Morgan fingerprint density at radius 1 is 1.17 bits per heavy atom. The number of fused-ring (bicyclic) bond motifs is 1. The third kappa shape index (κ3) is 3.95. The molecule has 0 spiro atoms. The molecule has 0 unspecified atom stereocenters. The Morgan fingerprint density at radius 2 is 2.00 bits per heavy atom. The largest absolute Gasteiger partial charge is 0.493 e. The van der Waals surface area contributed by atoms with Gasteiger partial charge in [-0.1, -0.05) is 24.3 Å². The molecule has 2 heterocycles. The van der Waals surface area contributed by atoms with Crippen molar-refractivity contribution in [1.82, 2.24) is 9.97 Å². The molecule has 0 fully saturated rings. The van der Waals surface area contributed by atoms with Gasteiger partial charge in [-0.05, 0) is 37.6 Å². The number of aromatic nitrogens is 2. The van der Waals surface area contributed by atoms with E-state index in [9.17, 15) is 4.79 Å². The van der Waals surface area contributed by atoms with Crippen LogP contribution in [0.2, 0.25) is 0 Å². The molecule has 0 bridgehead atoms. The Kier molecular flexibility index (Phi) is 5.22. The Hall–Kier alpha value is -3.32. The maximum atomic E-state index is 12.3. The highest BCUT2D eigenvalue weighted by Crippen LogP contribution is 2.34. The first kappa shape index (κ1) is 19.0. The number of carbonyl (C=O) groups is 1. The number of H-pyrrole nitrogens is 1. The second-order valence-corrected chi connectivity index (χ2v) is 7.56. The summed E-state index contributed by atoms with van der Waals surface area (Å²) < 4.78 is 10.9. The van der Waals surface area contributed by atoms with Crippen molar-refractivity contribution in [2.75, 3.05) is 19.0 Å². The molecule has 4 aromatic rings. The molecular formula is C22H21N3O3S. The minimum absolute atomic E-state index is 0.125. The van der Waals surface area contributed by atoms with Crippen molar-refractivity contribution >= 4 is 33.3 Å². The Labute approximate surface area is 172 Å². The van der Waals surface area contributed by atoms with Crippen LogP contribution >= 0.6 is 11.3 Å². The van der Waals surface area contributed by atoms with Gasteiger partial charge in [0.2, 0.25) is 0 Å². The molecular weight excluding hydrogens is 386 g/mol. The lowest BCUT2D eigenvalue weighted by molar-refractivity contribution is -0.118. The minimum Gasteiger partial charge on any atom is -0.493 e. The maximum Gasteiger partial charge on any atom is 0.264 e. The summed E-state index contributed by atoms with van der Waals surface area (Å²) in [6.07, 6.45) is 0. The number of aromatic amines is 1. The van der Waals surface area contributed by atoms with Gasteiger partial charge in [-0.25, -0.2) is 4.98 Å². The molecule has 0 saturated carbocycles. The Bertz CT molecular complexity index is 1180. The summed E-state index contributed by atoms with van der Waals surface area (Å²) in [5, 5.41) is 6.40. The summed E-state index contributed by atoms with van der Waals surface area (Å²) in [5.74, 6) is 0.857. The lowest BCUT2D eigenvalue weighted by Gasteiger charge is -2.10. The van der Waals surface area contributed by atoms with E-state index in [1.807, 2.05) is 49.6 Å². The highest BCUT2D eigenvalue weighted by Gasteiger charge is 2.15. The van der Waals surface area contributed by atoms with Crippen LogP contribution in [0.15, 0.2) is 47.8 Å². The molecule has 1 amide bonds. The van der Waals surface area contributed by atoms with Crippen LogP contribution in [0, 0.1) is 13.8 Å². The van der Waals surface area contributed by atoms with Gasteiger partial charge in [0, 0.05) is 27.5 Å². The fourth-order valence-electron chi connectivity index (χ4n) is 3.25. The number of rotatable bonds is 6. The second-order valence-electron chi connectivity index (χ2n) is 6.70. The monoisotopic (exact) mass is 407 g/mol. The van der Waals surface area contributed by atoms with Crippen LogP contribution in [0.4, 0.5) is 5.13 Å². The number of nitrogens with zero attached hydrogens (tertiary/aromatic N) is 1. The maximum absolute atomic E-state index is 12.3. The van der Waals surface area contributed by atoms with Crippen molar-refractivity contribution in [3.8, 4) is 22.8 Å². The summed E-state index contributed by atoms with van der Waals surface area (Å²) in [6.45, 7) is 3.87. The van der Waals surface area contributed by atoms with E-state index >= 15 is 0 Å². The van der Waals surface area contributed by atoms with E-state index < -0.39 is 0 Å². The van der Waals surface area contributed by atoms with E-state index in [2.05, 4.69) is 21.4 Å². The number of carbonyl (C=O) groups excluding carboxylic acids is 1. The van der Waals surface area contributed by atoms with Crippen LogP contribution in [0.1, 0.15) is 11.3 Å². The van der Waals surface area contributed by atoms with Gasteiger partial charge >= 0.3 is 0 Å². The van der Waals surface area contributed by atoms with E-state index in [0.29, 0.717) is 16.6 Å². The molecule has 0 atom stereocenters. The molecule has 0 aliphatic heterocycles. The van der Waals surface area contributed by atoms with Gasteiger partial charge in [0.25, 0.3) is 5.91 Å². The second kappa shape index (κ2) is 7.97. The van der Waals surface area contributed by atoms with Gasteiger partial charge in [-0.2, -0.15) is 0 Å². The number of hydrogen-bond donors (Lipinski definition) is 2. The van der Waals surface area contributed by atoms with Crippen molar-refractivity contribution in [2.45, 2.75) is 13.8 Å². The Balaban J connectivity index is 1.45. The van der Waals surface area contributed by atoms with Gasteiger partial charge in [-0.15, -0.1) is 11.3 Å². The predicted molar refractivity (Wildman–Crippen MR) is 116 cm³/mol. The zero-order valence-electron chi connectivity index (χ0n) is 16.4. The first-order chi connectivity index (χ1) is 14.0. The normalized spacial score (nSPS) is 10.9. The van der Waals surface area contributed by atoms with Crippen LogP contribution < -0.4 is 14.8 Å². The summed E-state index contributed by atoms with van der Waals surface area (Å²) in [5.41, 5.74) is 5.06. The SMILES string of the molecule is COc1cc(C)ccc1OCC(=O)Nc1nc(-c2c(C)[nH]c3ccccc23)cs1. The van der Waals surface area contributed by atoms with Crippen LogP contribution in [-0.4, -0.2) is 29.6 Å². The fraction of sp³-hybridized carbons (Fsp3) is 0.182. The van der Waals surface area contributed by atoms with Crippen LogP contribution in [0.3, 0.4) is 0 Å². The molecule has 2 N–H and O–H groups in total. The number of methoxy groups -OCH3 is 1. The molecule has 29 heavy (non-hydrogen) atoms. The number of para-hydroxylation sites is 1. The Morgan fingerprint density at radius 3 is 2.83 bits per heavy atom. The van der Waals surface area contributed by atoms with Crippen molar-refractivity contribution < 1.29 is 14.3 Å². The van der Waals surface area contributed by atoms with Gasteiger partial charge in [-0.3, -0.25) is 10.1 Å². The van der Waals surface area contributed by atoms with Crippen LogP contribution in [-0.2, 0) is 4.79 Å². The number of ether oxygens (including phenoxy) is 2. The third-order valence-corrected chi connectivity index (χ3v) is 5.34. The number of benzene rings is 2. The number of thiazole rings is 1. The lowest BCUT2D eigenvalue weighted by atomic mass is 10.1. The molecule has 7 heteroatoms. The molecule has 2 aromatic carbocycles. The molecule has 4 rings (SSSR count). The van der Waals surface area contributed by atoms with E-state index in [4.69, 9.17) is 9.47 Å². The molecule has 2 aromatic heterocycles. The van der Waals surface area contributed by atoms with E-state index in [1.54, 1.807) is 13.2 Å². The number of aryl methyl sites for hydroxylation is 2. The van der Waals surface area contributed by atoms with Crippen molar-refractivity contribution in [3.63, 3.8) is 0 Å². The first-order valence-electron chi connectivity index (χ1n) is 9.15. The van der Waals surface area contributed by atoms with Crippen molar-refractivity contribution in [2.24, 2.45) is 0 Å². The van der Waals surface area contributed by atoms with Crippen LogP contribution in [0.25, 0.3) is 22.2 Å². The minimum atomic E-state index is -0.274. The van der Waals surface area contributed by atoms with E-state index in [0.717, 1.165) is 33.4 Å². The summed E-state index contributed by atoms with van der Waals surface area (Å²) in [6, 6.07) is 13.7. The van der Waals surface area contributed by atoms with Crippen LogP contribution in [0.5, 0.6) is 11.5 Å². The summed E-state index contributed by atoms with van der Waals surface area (Å²) >= 11 is 1.39. The number of nitrogens with one attached hydrogen (secondary N) is 2. The van der Waals surface area contributed by atoms with Gasteiger partial charge in [0.05, 0.1) is 12.8 Å². The highest BCUT2D eigenvalue weighted by molar-refractivity contribution is 7.14. The molecule has 0 saturated heterocycles. The number of anilines is 1. The average Bonchev–Trinajstić information content (AvgIpc) is 3.29. The van der Waals surface area contributed by atoms with Crippen molar-refractivity contribution in [3.05, 3.63) is 59.1 Å². The smallest absolute Gasteiger partial charge is 0.264 e. The predicted octanol–water partition coefficient (Wildman–Crippen LogP) is 4.93. The average molecular weight is 407 g/mol. The van der Waals surface area contributed by atoms with Gasteiger partial charge in [0.15, 0.2) is 23.2 Å². The summed E-state index contributed by atoms with van der Waals surface area (Å²) in [4.78, 5) is 20.3.